The van der Waals surface area contributed by atoms with Crippen molar-refractivity contribution in [2.24, 2.45) is 0 Å². The van der Waals surface area contributed by atoms with E-state index >= 15 is 0 Å². The number of hydrogen-bond donors (Lipinski definition) is 1. The molecule has 1 aliphatic rings. The third-order valence-electron chi connectivity index (χ3n) is 4.68. The zero-order valence-electron chi connectivity index (χ0n) is 17.3. The Labute approximate surface area is 196 Å². The molecule has 2 aromatic rings. The van der Waals surface area contributed by atoms with Crippen LogP contribution < -0.4 is 14.8 Å². The van der Waals surface area contributed by atoms with Gasteiger partial charge in [-0.05, 0) is 30.7 Å². The van der Waals surface area contributed by atoms with Gasteiger partial charge in [-0.3, -0.25) is 4.90 Å². The van der Waals surface area contributed by atoms with E-state index in [0.717, 1.165) is 73.6 Å². The van der Waals surface area contributed by atoms with Gasteiger partial charge in [0, 0.05) is 43.3 Å². The molecule has 0 bridgehead atoms. The standard InChI is InChI=1S/C22H29ClN2O3.2ClH/c1-2-27-21-5-3-4-19(16-24-10-11-25-12-14-26-15-13-25)22(21)28-17-18-6-8-20(23)9-7-18;;/h3-9,24H,2,10-17H2,1H3;2*1H. The number of nitrogens with zero attached hydrogens (tertiary/aromatic N) is 1. The number of hydrogen-bond acceptors (Lipinski definition) is 5. The second-order valence-electron chi connectivity index (χ2n) is 6.72. The molecule has 5 nitrogen and oxygen atoms in total. The van der Waals surface area contributed by atoms with Crippen molar-refractivity contribution in [1.29, 1.82) is 0 Å². The number of halogens is 3. The number of rotatable bonds is 10. The van der Waals surface area contributed by atoms with Crippen molar-refractivity contribution >= 4 is 36.4 Å². The van der Waals surface area contributed by atoms with Crippen LogP contribution in [0, 0.1) is 0 Å². The van der Waals surface area contributed by atoms with Crippen molar-refractivity contribution in [3.8, 4) is 11.5 Å². The van der Waals surface area contributed by atoms with Gasteiger partial charge in [-0.1, -0.05) is 35.9 Å². The van der Waals surface area contributed by atoms with Crippen LogP contribution in [0.25, 0.3) is 0 Å². The maximum absolute atomic E-state index is 6.16. The lowest BCUT2D eigenvalue weighted by Gasteiger charge is -2.26. The van der Waals surface area contributed by atoms with Crippen molar-refractivity contribution < 1.29 is 14.2 Å². The van der Waals surface area contributed by atoms with Gasteiger partial charge in [0.05, 0.1) is 19.8 Å². The van der Waals surface area contributed by atoms with Crippen LogP contribution >= 0.6 is 36.4 Å². The first-order chi connectivity index (χ1) is 13.8. The Morgan fingerprint density at radius 1 is 1.03 bits per heavy atom. The normalized spacial score (nSPS) is 13.8. The molecule has 1 saturated heterocycles. The average molecular weight is 478 g/mol. The molecule has 1 heterocycles. The van der Waals surface area contributed by atoms with E-state index < -0.39 is 0 Å². The highest BCUT2D eigenvalue weighted by Crippen LogP contribution is 2.32. The summed E-state index contributed by atoms with van der Waals surface area (Å²) < 4.78 is 17.3. The minimum Gasteiger partial charge on any atom is -0.490 e. The summed E-state index contributed by atoms with van der Waals surface area (Å²) in [5, 5.41) is 4.25. The lowest BCUT2D eigenvalue weighted by molar-refractivity contribution is 0.0384. The van der Waals surface area contributed by atoms with Crippen LogP contribution in [0.15, 0.2) is 42.5 Å². The largest absolute Gasteiger partial charge is 0.490 e. The Morgan fingerprint density at radius 2 is 1.77 bits per heavy atom. The van der Waals surface area contributed by atoms with E-state index in [0.29, 0.717) is 13.2 Å². The summed E-state index contributed by atoms with van der Waals surface area (Å²) in [6.45, 7) is 9.43. The fourth-order valence-electron chi connectivity index (χ4n) is 3.15. The van der Waals surface area contributed by atoms with E-state index in [-0.39, 0.29) is 24.8 Å². The van der Waals surface area contributed by atoms with Crippen LogP contribution in [0.5, 0.6) is 11.5 Å². The predicted octanol–water partition coefficient (Wildman–Crippen LogP) is 4.58. The minimum absolute atomic E-state index is 0. The van der Waals surface area contributed by atoms with Gasteiger partial charge < -0.3 is 19.5 Å². The molecule has 1 fully saturated rings. The van der Waals surface area contributed by atoms with Crippen molar-refractivity contribution in [2.45, 2.75) is 20.1 Å². The molecule has 0 radical (unpaired) electrons. The van der Waals surface area contributed by atoms with E-state index in [2.05, 4.69) is 16.3 Å². The monoisotopic (exact) mass is 476 g/mol. The average Bonchev–Trinajstić information content (AvgIpc) is 2.73. The molecule has 0 aromatic heterocycles. The van der Waals surface area contributed by atoms with E-state index in [1.807, 2.05) is 43.3 Å². The first-order valence-electron chi connectivity index (χ1n) is 9.89. The van der Waals surface area contributed by atoms with Crippen molar-refractivity contribution in [3.05, 3.63) is 58.6 Å². The molecule has 1 aliphatic heterocycles. The molecular formula is C22H31Cl3N2O3. The third-order valence-corrected chi connectivity index (χ3v) is 4.93. The van der Waals surface area contributed by atoms with E-state index in [1.165, 1.54) is 0 Å². The van der Waals surface area contributed by atoms with Gasteiger partial charge in [-0.2, -0.15) is 0 Å². The lowest BCUT2D eigenvalue weighted by Crippen LogP contribution is -2.40. The second kappa shape index (κ2) is 14.7. The number of nitrogens with one attached hydrogen (secondary N) is 1. The van der Waals surface area contributed by atoms with Gasteiger partial charge in [-0.25, -0.2) is 0 Å². The molecule has 0 unspecified atom stereocenters. The first kappa shape index (κ1) is 26.8. The molecule has 0 saturated carbocycles. The van der Waals surface area contributed by atoms with E-state index in [9.17, 15) is 0 Å². The van der Waals surface area contributed by atoms with Crippen LogP contribution in [-0.4, -0.2) is 50.9 Å². The maximum Gasteiger partial charge on any atom is 0.166 e. The zero-order valence-corrected chi connectivity index (χ0v) is 19.7. The molecule has 0 amide bonds. The van der Waals surface area contributed by atoms with Gasteiger partial charge in [0.15, 0.2) is 11.5 Å². The van der Waals surface area contributed by atoms with Gasteiger partial charge in [0.1, 0.15) is 6.61 Å². The Kier molecular flexibility index (Phi) is 13.2. The van der Waals surface area contributed by atoms with Gasteiger partial charge in [0.25, 0.3) is 0 Å². The molecule has 1 N–H and O–H groups in total. The predicted molar refractivity (Wildman–Crippen MR) is 127 cm³/mol. The summed E-state index contributed by atoms with van der Waals surface area (Å²) in [6.07, 6.45) is 0. The maximum atomic E-state index is 6.16. The smallest absolute Gasteiger partial charge is 0.166 e. The highest BCUT2D eigenvalue weighted by Gasteiger charge is 2.13. The van der Waals surface area contributed by atoms with Gasteiger partial charge in [-0.15, -0.1) is 24.8 Å². The van der Waals surface area contributed by atoms with Crippen molar-refractivity contribution in [3.63, 3.8) is 0 Å². The summed E-state index contributed by atoms with van der Waals surface area (Å²) in [5.74, 6) is 1.59. The van der Waals surface area contributed by atoms with Gasteiger partial charge >= 0.3 is 0 Å². The summed E-state index contributed by atoms with van der Waals surface area (Å²) in [6, 6.07) is 13.8. The number of morpholine rings is 1. The molecule has 168 valence electrons. The van der Waals surface area contributed by atoms with Crippen LogP contribution in [0.3, 0.4) is 0 Å². The topological polar surface area (TPSA) is 43.0 Å². The molecule has 8 heteroatoms. The van der Waals surface area contributed by atoms with Crippen LogP contribution in [0.4, 0.5) is 0 Å². The molecule has 3 rings (SSSR count). The third kappa shape index (κ3) is 8.50. The Hall–Kier alpha value is -1.21. The van der Waals surface area contributed by atoms with Crippen molar-refractivity contribution in [2.75, 3.05) is 46.0 Å². The summed E-state index contributed by atoms with van der Waals surface area (Å²) in [4.78, 5) is 2.42. The Balaban J connectivity index is 0.00000225. The summed E-state index contributed by atoms with van der Waals surface area (Å²) >= 11 is 5.97. The van der Waals surface area contributed by atoms with Crippen LogP contribution in [0.1, 0.15) is 18.1 Å². The molecular weight excluding hydrogens is 447 g/mol. The molecule has 2 aromatic carbocycles. The Morgan fingerprint density at radius 3 is 2.47 bits per heavy atom. The highest BCUT2D eigenvalue weighted by atomic mass is 35.5. The number of benzene rings is 2. The summed E-state index contributed by atoms with van der Waals surface area (Å²) in [7, 11) is 0. The minimum atomic E-state index is 0. The van der Waals surface area contributed by atoms with Gasteiger partial charge in [0.2, 0.25) is 0 Å². The molecule has 0 aliphatic carbocycles. The van der Waals surface area contributed by atoms with E-state index in [1.54, 1.807) is 0 Å². The molecule has 0 spiro atoms. The molecule has 30 heavy (non-hydrogen) atoms. The molecule has 0 atom stereocenters. The lowest BCUT2D eigenvalue weighted by atomic mass is 10.1. The second-order valence-corrected chi connectivity index (χ2v) is 7.16. The number of para-hydroxylation sites is 1. The fourth-order valence-corrected chi connectivity index (χ4v) is 3.28. The quantitative estimate of drug-likeness (QED) is 0.507. The summed E-state index contributed by atoms with van der Waals surface area (Å²) in [5.41, 5.74) is 2.17. The van der Waals surface area contributed by atoms with E-state index in [4.69, 9.17) is 25.8 Å². The first-order valence-corrected chi connectivity index (χ1v) is 10.3. The Bertz CT molecular complexity index is 726. The van der Waals surface area contributed by atoms with Crippen LogP contribution in [-0.2, 0) is 17.9 Å². The zero-order chi connectivity index (χ0) is 19.6. The number of ether oxygens (including phenoxy) is 3. The van der Waals surface area contributed by atoms with Crippen LogP contribution in [0.2, 0.25) is 5.02 Å². The highest BCUT2D eigenvalue weighted by molar-refractivity contribution is 6.30. The van der Waals surface area contributed by atoms with Crippen molar-refractivity contribution in [1.82, 2.24) is 10.2 Å². The SMILES string of the molecule is CCOc1cccc(CNCCN2CCOCC2)c1OCc1ccc(Cl)cc1.Cl.Cl. The fraction of sp³-hybridized carbons (Fsp3) is 0.455.